The van der Waals surface area contributed by atoms with Crippen LogP contribution in [0.1, 0.15) is 0 Å². The molecule has 0 amide bonds. The van der Waals surface area contributed by atoms with Crippen LogP contribution in [-0.2, 0) is 40.5 Å². The fourth-order valence-electron chi connectivity index (χ4n) is 1.09. The van der Waals surface area contributed by atoms with Crippen LogP contribution in [0.5, 0.6) is 0 Å². The van der Waals surface area contributed by atoms with Gasteiger partial charge in [0.1, 0.15) is 0 Å². The first kappa shape index (κ1) is 27.3. The summed E-state index contributed by atoms with van der Waals surface area (Å²) in [4.78, 5) is 0. The standard InChI is InChI=1S/C9H13ClO2.3CO.Fe/c1-2-3-4-8-9(7-10)12-6-5-11-8;3*1-2;/h2-4,8-9H,1,5-7H2;;;;/t8-,9+;;;;/m1..../s1. The minimum Gasteiger partial charge on any atom is -0.373 e. The Morgan fingerprint density at radius 1 is 1.11 bits per heavy atom. The van der Waals surface area contributed by atoms with Crippen LogP contribution in [0.15, 0.2) is 0 Å². The molecular formula is C12H13ClFeO5. The Morgan fingerprint density at radius 2 is 1.58 bits per heavy atom. The van der Waals surface area contributed by atoms with Crippen molar-refractivity contribution in [2.75, 3.05) is 19.1 Å². The predicted molar refractivity (Wildman–Crippen MR) is 60.2 cm³/mol. The van der Waals surface area contributed by atoms with E-state index in [1.807, 2.05) is 12.8 Å². The van der Waals surface area contributed by atoms with Crippen molar-refractivity contribution in [3.05, 3.63) is 46.1 Å². The van der Waals surface area contributed by atoms with E-state index in [1.165, 1.54) is 0 Å². The van der Waals surface area contributed by atoms with Gasteiger partial charge in [-0.2, -0.15) is 0 Å². The molecule has 1 heterocycles. The second-order valence-corrected chi connectivity index (χ2v) is 2.83. The van der Waals surface area contributed by atoms with Gasteiger partial charge in [-0.3, -0.25) is 0 Å². The average molecular weight is 329 g/mol. The average Bonchev–Trinajstić information content (AvgIpc) is 2.51. The van der Waals surface area contributed by atoms with Gasteiger partial charge >= 0.3 is 33.9 Å². The van der Waals surface area contributed by atoms with Gasteiger partial charge in [-0.05, 0) is 26.2 Å². The summed E-state index contributed by atoms with van der Waals surface area (Å²) in [5.41, 5.74) is 0. The van der Waals surface area contributed by atoms with Crippen molar-refractivity contribution in [3.63, 3.8) is 0 Å². The fraction of sp³-hybridized carbons (Fsp3) is 0.417. The molecule has 106 valence electrons. The third-order valence-corrected chi connectivity index (χ3v) is 1.99. The Kier molecular flexibility index (Phi) is 38.1. The topological polar surface area (TPSA) is 78.2 Å². The van der Waals surface area contributed by atoms with E-state index in [0.717, 1.165) is 0 Å². The molecule has 1 rings (SSSR count). The third kappa shape index (κ3) is 15.9. The molecule has 0 spiro atoms. The van der Waals surface area contributed by atoms with Gasteiger partial charge < -0.3 is 9.47 Å². The van der Waals surface area contributed by atoms with Crippen molar-refractivity contribution in [2.24, 2.45) is 0 Å². The minimum atomic E-state index is -0.0192. The first-order valence-electron chi connectivity index (χ1n) is 4.58. The molecule has 0 aromatic rings. The van der Waals surface area contributed by atoms with Crippen molar-refractivity contribution in [1.82, 2.24) is 0 Å². The fourth-order valence-corrected chi connectivity index (χ4v) is 1.35. The second-order valence-electron chi connectivity index (χ2n) is 2.52. The van der Waals surface area contributed by atoms with Crippen LogP contribution < -0.4 is 0 Å². The van der Waals surface area contributed by atoms with E-state index in [-0.39, 0.29) is 29.3 Å². The van der Waals surface area contributed by atoms with Crippen molar-refractivity contribution < 1.29 is 40.5 Å². The van der Waals surface area contributed by atoms with E-state index in [0.29, 0.717) is 19.1 Å². The number of hydrogen-bond donors (Lipinski definition) is 0. The van der Waals surface area contributed by atoms with Gasteiger partial charge in [0.15, 0.2) is 0 Å². The molecule has 4 radical (unpaired) electrons. The third-order valence-electron chi connectivity index (χ3n) is 1.68. The van der Waals surface area contributed by atoms with Crippen LogP contribution >= 0.6 is 11.6 Å². The van der Waals surface area contributed by atoms with Crippen LogP contribution in [0, 0.1) is 46.1 Å². The van der Waals surface area contributed by atoms with Crippen LogP contribution in [0.2, 0.25) is 0 Å². The predicted octanol–water partition coefficient (Wildman–Crippen LogP) is 1.34. The molecule has 0 saturated carbocycles. The van der Waals surface area contributed by atoms with Crippen molar-refractivity contribution in [2.45, 2.75) is 12.2 Å². The van der Waals surface area contributed by atoms with Gasteiger partial charge in [0.25, 0.3) is 0 Å². The molecule has 0 N–H and O–H groups in total. The molecule has 0 bridgehead atoms. The zero-order valence-corrected chi connectivity index (χ0v) is 11.8. The molecule has 2 atom stereocenters. The Hall–Kier alpha value is -0.0505. The molecule has 7 heteroatoms. The van der Waals surface area contributed by atoms with E-state index < -0.39 is 0 Å². The Labute approximate surface area is 130 Å². The maximum absolute atomic E-state index is 7.50. The number of hydrogen-bond acceptors (Lipinski definition) is 2. The Balaban J connectivity index is -0.000000142. The van der Waals surface area contributed by atoms with Gasteiger partial charge in [0.2, 0.25) is 0 Å². The normalized spacial score (nSPS) is 19.6. The summed E-state index contributed by atoms with van der Waals surface area (Å²) in [6, 6.07) is 0. The molecule has 0 unspecified atom stereocenters. The number of halogens is 1. The minimum absolute atomic E-state index is 0. The first-order chi connectivity index (χ1) is 8.88. The summed E-state index contributed by atoms with van der Waals surface area (Å²) < 4.78 is 33.3. The molecule has 1 fully saturated rings. The van der Waals surface area contributed by atoms with Gasteiger partial charge in [-0.1, -0.05) is 0 Å². The SMILES string of the molecule is [C-]#[O+].[C-]#[O+].[C-]#[O+].[CH2][CH][CH][CH][C@H]1OCCO[C@H]1CCl.[Fe]. The molecule has 0 aromatic carbocycles. The van der Waals surface area contributed by atoms with Crippen molar-refractivity contribution in [1.29, 1.82) is 0 Å². The second kappa shape index (κ2) is 26.5. The van der Waals surface area contributed by atoms with E-state index in [4.69, 9.17) is 35.0 Å². The Morgan fingerprint density at radius 3 is 2.00 bits per heavy atom. The molecule has 5 nitrogen and oxygen atoms in total. The quantitative estimate of drug-likeness (QED) is 0.338. The number of rotatable bonds is 4. The Bertz CT molecular complexity index is 206. The number of alkyl halides is 1. The number of ether oxygens (including phenoxy) is 2. The molecular weight excluding hydrogens is 315 g/mol. The molecule has 1 saturated heterocycles. The van der Waals surface area contributed by atoms with Crippen molar-refractivity contribution >= 4 is 11.6 Å². The largest absolute Gasteiger partial charge is 0.373 e. The van der Waals surface area contributed by atoms with E-state index in [2.05, 4.69) is 26.9 Å². The van der Waals surface area contributed by atoms with Crippen LogP contribution in [0.25, 0.3) is 0 Å². The van der Waals surface area contributed by atoms with Gasteiger partial charge in [0.05, 0.1) is 31.3 Å². The smallest absolute Gasteiger partial charge is 0.0975 e. The van der Waals surface area contributed by atoms with E-state index in [9.17, 15) is 0 Å². The first-order valence-corrected chi connectivity index (χ1v) is 5.11. The van der Waals surface area contributed by atoms with E-state index in [1.54, 1.807) is 6.42 Å². The maximum Gasteiger partial charge on any atom is 0.0975 e. The molecule has 0 aliphatic carbocycles. The molecule has 19 heavy (non-hydrogen) atoms. The zero-order valence-electron chi connectivity index (χ0n) is 9.99. The summed E-state index contributed by atoms with van der Waals surface area (Å²) in [5.74, 6) is 0.464. The van der Waals surface area contributed by atoms with Crippen molar-refractivity contribution in [3.8, 4) is 0 Å². The summed E-state index contributed by atoms with van der Waals surface area (Å²) >= 11 is 5.69. The van der Waals surface area contributed by atoms with Gasteiger partial charge in [-0.25, -0.2) is 0 Å². The van der Waals surface area contributed by atoms with Crippen LogP contribution in [0.3, 0.4) is 0 Å². The number of unbranched alkanes of at least 4 members (excludes halogenated alkanes) is 1. The molecule has 1 aliphatic rings. The van der Waals surface area contributed by atoms with E-state index >= 15 is 0 Å². The van der Waals surface area contributed by atoms with Gasteiger partial charge in [0, 0.05) is 17.1 Å². The van der Waals surface area contributed by atoms with Crippen LogP contribution in [0.4, 0.5) is 0 Å². The van der Waals surface area contributed by atoms with Crippen LogP contribution in [-0.4, -0.2) is 31.3 Å². The summed E-state index contributed by atoms with van der Waals surface area (Å²) in [5, 5.41) is 0. The summed E-state index contributed by atoms with van der Waals surface area (Å²) in [6.07, 6.45) is 5.44. The summed E-state index contributed by atoms with van der Waals surface area (Å²) in [7, 11) is 0. The molecule has 1 aliphatic heterocycles. The zero-order chi connectivity index (χ0) is 14.8. The monoisotopic (exact) mass is 328 g/mol. The van der Waals surface area contributed by atoms with Gasteiger partial charge in [-0.15, -0.1) is 11.6 Å². The summed E-state index contributed by atoms with van der Waals surface area (Å²) in [6.45, 7) is 18.4. The molecule has 0 aromatic heterocycles. The maximum atomic E-state index is 7.50.